The quantitative estimate of drug-likeness (QED) is 0.841. The van der Waals surface area contributed by atoms with Gasteiger partial charge < -0.3 is 5.32 Å². The van der Waals surface area contributed by atoms with Gasteiger partial charge in [0.05, 0.1) is 6.54 Å². The van der Waals surface area contributed by atoms with E-state index in [4.69, 9.17) is 11.6 Å². The van der Waals surface area contributed by atoms with Gasteiger partial charge in [0.25, 0.3) is 0 Å². The highest BCUT2D eigenvalue weighted by atomic mass is 35.5. The lowest BCUT2D eigenvalue weighted by Crippen LogP contribution is -2.08. The van der Waals surface area contributed by atoms with Crippen LogP contribution in [0.4, 0.5) is 5.82 Å². The minimum Gasteiger partial charge on any atom is -0.365 e. The van der Waals surface area contributed by atoms with Crippen LogP contribution >= 0.6 is 22.9 Å². The van der Waals surface area contributed by atoms with Gasteiger partial charge in [-0.15, -0.1) is 11.3 Å². The van der Waals surface area contributed by atoms with Crippen LogP contribution in [0.1, 0.15) is 41.6 Å². The molecule has 102 valence electrons. The number of hydrogen-bond donors (Lipinski definition) is 1. The van der Waals surface area contributed by atoms with Crippen molar-refractivity contribution in [3.8, 4) is 0 Å². The standard InChI is InChI=1S/C14H18ClN3S/c1-8(2)13-17-12(15)10(4)14(18-13)16-7-11-9(3)5-6-19-11/h5-6,8H,7H2,1-4H3,(H,16,17,18). The third kappa shape index (κ3) is 3.25. The molecule has 2 rings (SSSR count). The number of aryl methyl sites for hydroxylation is 1. The van der Waals surface area contributed by atoms with E-state index in [0.717, 1.165) is 23.8 Å². The number of nitrogens with one attached hydrogen (secondary N) is 1. The van der Waals surface area contributed by atoms with E-state index in [0.29, 0.717) is 5.15 Å². The molecule has 0 atom stereocenters. The fraction of sp³-hybridized carbons (Fsp3) is 0.429. The zero-order valence-corrected chi connectivity index (χ0v) is 13.2. The van der Waals surface area contributed by atoms with E-state index in [-0.39, 0.29) is 5.92 Å². The molecule has 1 N–H and O–H groups in total. The lowest BCUT2D eigenvalue weighted by atomic mass is 10.2. The first-order valence-electron chi connectivity index (χ1n) is 6.30. The maximum Gasteiger partial charge on any atom is 0.137 e. The first-order valence-corrected chi connectivity index (χ1v) is 7.55. The number of nitrogens with zero attached hydrogens (tertiary/aromatic N) is 2. The summed E-state index contributed by atoms with van der Waals surface area (Å²) in [7, 11) is 0. The van der Waals surface area contributed by atoms with Crippen molar-refractivity contribution in [3.63, 3.8) is 0 Å². The molecule has 0 unspecified atom stereocenters. The van der Waals surface area contributed by atoms with Gasteiger partial charge in [0.1, 0.15) is 16.8 Å². The van der Waals surface area contributed by atoms with Crippen LogP contribution in [0.2, 0.25) is 5.15 Å². The summed E-state index contributed by atoms with van der Waals surface area (Å²) < 4.78 is 0. The average Bonchev–Trinajstić information content (AvgIpc) is 2.76. The fourth-order valence-electron chi connectivity index (χ4n) is 1.69. The van der Waals surface area contributed by atoms with Crippen LogP contribution in [0.25, 0.3) is 0 Å². The Morgan fingerprint density at radius 1 is 1.32 bits per heavy atom. The Bertz CT molecular complexity index is 578. The predicted octanol–water partition coefficient (Wildman–Crippen LogP) is 4.54. The molecule has 0 amide bonds. The van der Waals surface area contributed by atoms with Gasteiger partial charge in [0.15, 0.2) is 0 Å². The van der Waals surface area contributed by atoms with Gasteiger partial charge in [-0.2, -0.15) is 0 Å². The summed E-state index contributed by atoms with van der Waals surface area (Å²) in [4.78, 5) is 10.2. The van der Waals surface area contributed by atoms with Crippen LogP contribution in [0, 0.1) is 13.8 Å². The molecule has 2 aromatic heterocycles. The number of aromatic nitrogens is 2. The second-order valence-electron chi connectivity index (χ2n) is 4.88. The molecular weight excluding hydrogens is 278 g/mol. The number of halogens is 1. The maximum atomic E-state index is 6.17. The van der Waals surface area contributed by atoms with Crippen molar-refractivity contribution in [1.29, 1.82) is 0 Å². The molecule has 0 saturated heterocycles. The summed E-state index contributed by atoms with van der Waals surface area (Å²) in [5, 5.41) is 6.00. The van der Waals surface area contributed by atoms with Crippen LogP contribution in [0.5, 0.6) is 0 Å². The van der Waals surface area contributed by atoms with Crippen molar-refractivity contribution in [2.75, 3.05) is 5.32 Å². The molecule has 0 spiro atoms. The Kier molecular flexibility index (Phi) is 4.42. The van der Waals surface area contributed by atoms with Crippen molar-refractivity contribution in [2.45, 2.75) is 40.2 Å². The molecule has 3 nitrogen and oxygen atoms in total. The van der Waals surface area contributed by atoms with Gasteiger partial charge in [0, 0.05) is 16.4 Å². The van der Waals surface area contributed by atoms with Crippen molar-refractivity contribution in [2.24, 2.45) is 0 Å². The molecule has 0 fully saturated rings. The Hall–Kier alpha value is -1.13. The van der Waals surface area contributed by atoms with Crippen LogP contribution in [-0.2, 0) is 6.54 Å². The average molecular weight is 296 g/mol. The second-order valence-corrected chi connectivity index (χ2v) is 6.24. The maximum absolute atomic E-state index is 6.17. The minimum atomic E-state index is 0.266. The Labute approximate surface area is 123 Å². The lowest BCUT2D eigenvalue weighted by Gasteiger charge is -2.12. The van der Waals surface area contributed by atoms with Crippen LogP contribution in [0.15, 0.2) is 11.4 Å². The molecule has 0 bridgehead atoms. The molecule has 0 aliphatic carbocycles. The van der Waals surface area contributed by atoms with E-state index in [2.05, 4.69) is 47.5 Å². The van der Waals surface area contributed by atoms with Crippen molar-refractivity contribution < 1.29 is 0 Å². The summed E-state index contributed by atoms with van der Waals surface area (Å²) >= 11 is 7.92. The number of anilines is 1. The zero-order valence-electron chi connectivity index (χ0n) is 11.6. The van der Waals surface area contributed by atoms with Crippen LogP contribution in [-0.4, -0.2) is 9.97 Å². The first kappa shape index (κ1) is 14.3. The van der Waals surface area contributed by atoms with Gasteiger partial charge in [0.2, 0.25) is 0 Å². The third-order valence-corrected chi connectivity index (χ3v) is 4.40. The fourth-order valence-corrected chi connectivity index (χ4v) is 2.71. The predicted molar refractivity (Wildman–Crippen MR) is 82.3 cm³/mol. The molecular formula is C14H18ClN3S. The van der Waals surface area contributed by atoms with Crippen molar-refractivity contribution in [3.05, 3.63) is 38.4 Å². The molecule has 0 aromatic carbocycles. The summed E-state index contributed by atoms with van der Waals surface area (Å²) in [6.45, 7) is 8.96. The van der Waals surface area contributed by atoms with E-state index in [1.54, 1.807) is 11.3 Å². The minimum absolute atomic E-state index is 0.266. The molecule has 2 aromatic rings. The first-order chi connectivity index (χ1) is 8.99. The Morgan fingerprint density at radius 2 is 2.05 bits per heavy atom. The van der Waals surface area contributed by atoms with Crippen LogP contribution in [0.3, 0.4) is 0 Å². The highest BCUT2D eigenvalue weighted by Gasteiger charge is 2.12. The molecule has 5 heteroatoms. The molecule has 0 aliphatic rings. The van der Waals surface area contributed by atoms with Crippen molar-refractivity contribution >= 4 is 28.8 Å². The summed E-state index contributed by atoms with van der Waals surface area (Å²) in [6.07, 6.45) is 0. The van der Waals surface area contributed by atoms with E-state index in [9.17, 15) is 0 Å². The molecule has 0 saturated carbocycles. The summed E-state index contributed by atoms with van der Waals surface area (Å²) in [5.41, 5.74) is 2.21. The Morgan fingerprint density at radius 3 is 2.63 bits per heavy atom. The van der Waals surface area contributed by atoms with E-state index in [1.165, 1.54) is 10.4 Å². The summed E-state index contributed by atoms with van der Waals surface area (Å²) in [5.74, 6) is 1.87. The zero-order chi connectivity index (χ0) is 14.0. The molecule has 2 heterocycles. The largest absolute Gasteiger partial charge is 0.365 e. The van der Waals surface area contributed by atoms with Gasteiger partial charge in [-0.1, -0.05) is 25.4 Å². The molecule has 19 heavy (non-hydrogen) atoms. The van der Waals surface area contributed by atoms with E-state index in [1.807, 2.05) is 6.92 Å². The van der Waals surface area contributed by atoms with Crippen molar-refractivity contribution in [1.82, 2.24) is 9.97 Å². The number of hydrogen-bond acceptors (Lipinski definition) is 4. The number of rotatable bonds is 4. The topological polar surface area (TPSA) is 37.8 Å². The highest BCUT2D eigenvalue weighted by molar-refractivity contribution is 7.10. The molecule has 0 aliphatic heterocycles. The third-order valence-electron chi connectivity index (χ3n) is 3.00. The second kappa shape index (κ2) is 5.88. The highest BCUT2D eigenvalue weighted by Crippen LogP contribution is 2.24. The van der Waals surface area contributed by atoms with Crippen LogP contribution < -0.4 is 5.32 Å². The number of thiophene rings is 1. The van der Waals surface area contributed by atoms with Gasteiger partial charge in [-0.3, -0.25) is 0 Å². The SMILES string of the molecule is Cc1ccsc1CNc1nc(C(C)C)nc(Cl)c1C. The van der Waals surface area contributed by atoms with E-state index >= 15 is 0 Å². The normalized spacial score (nSPS) is 11.1. The van der Waals surface area contributed by atoms with Gasteiger partial charge in [-0.25, -0.2) is 9.97 Å². The monoisotopic (exact) mass is 295 g/mol. The van der Waals surface area contributed by atoms with Gasteiger partial charge >= 0.3 is 0 Å². The smallest absolute Gasteiger partial charge is 0.137 e. The molecule has 0 radical (unpaired) electrons. The van der Waals surface area contributed by atoms with Gasteiger partial charge in [-0.05, 0) is 30.9 Å². The van der Waals surface area contributed by atoms with E-state index < -0.39 is 0 Å². The summed E-state index contributed by atoms with van der Waals surface area (Å²) in [6, 6.07) is 2.13. The Balaban J connectivity index is 2.22. The lowest BCUT2D eigenvalue weighted by molar-refractivity contribution is 0.771.